The average Bonchev–Trinajstić information content (AvgIpc) is 2.80. The molecule has 172 valence electrons. The largest absolute Gasteiger partial charge is 0.383 e. The Labute approximate surface area is 194 Å². The van der Waals surface area contributed by atoms with Gasteiger partial charge in [0.2, 0.25) is 5.91 Å². The number of pyridine rings is 1. The van der Waals surface area contributed by atoms with Crippen LogP contribution in [0.2, 0.25) is 0 Å². The highest BCUT2D eigenvalue weighted by Crippen LogP contribution is 2.35. The number of nitrogens with zero attached hydrogens (tertiary/aromatic N) is 1. The van der Waals surface area contributed by atoms with E-state index in [1.165, 1.54) is 12.8 Å². The lowest BCUT2D eigenvalue weighted by atomic mass is 9.90. The van der Waals surface area contributed by atoms with E-state index in [1.54, 1.807) is 12.3 Å². The van der Waals surface area contributed by atoms with E-state index in [1.807, 2.05) is 57.2 Å². The first-order chi connectivity index (χ1) is 15.2. The van der Waals surface area contributed by atoms with Crippen LogP contribution < -0.4 is 11.5 Å². The number of amides is 1. The lowest BCUT2D eigenvalue weighted by Crippen LogP contribution is -2.12. The fourth-order valence-electron chi connectivity index (χ4n) is 2.79. The van der Waals surface area contributed by atoms with Gasteiger partial charge in [-0.05, 0) is 60.4 Å². The number of nitrogen functional groups attached to an aromatic ring is 1. The van der Waals surface area contributed by atoms with Crippen molar-refractivity contribution in [3.63, 3.8) is 0 Å². The average molecular weight is 454 g/mol. The van der Waals surface area contributed by atoms with Crippen LogP contribution in [0.1, 0.15) is 57.2 Å². The summed E-state index contributed by atoms with van der Waals surface area (Å²) in [7, 11) is -1.08. The zero-order valence-corrected chi connectivity index (χ0v) is 20.6. The standard InChI is InChI=1S/C22H25N3O2S.C4H10/c1-5-18(16-8-7-9-17(12-16)28(27)6-2)19(11-15(4)22(24)26)20-10-14(3)13-25-21(20)23;1-3-4-2/h5,7-13H,4,6H2,1-3H3,(H2,23,25)(H2,24,26);3-4H2,1-2H3/b18-5-,19-11+;. The Kier molecular flexibility index (Phi) is 11.3. The number of primary amides is 1. The van der Waals surface area contributed by atoms with Gasteiger partial charge in [-0.25, -0.2) is 4.98 Å². The predicted octanol–water partition coefficient (Wildman–Crippen LogP) is 5.43. The van der Waals surface area contributed by atoms with E-state index < -0.39 is 16.7 Å². The summed E-state index contributed by atoms with van der Waals surface area (Å²) in [5.41, 5.74) is 15.7. The van der Waals surface area contributed by atoms with Crippen molar-refractivity contribution >= 4 is 33.7 Å². The molecule has 1 amide bonds. The molecule has 0 bridgehead atoms. The monoisotopic (exact) mass is 453 g/mol. The maximum absolute atomic E-state index is 12.3. The molecule has 0 aliphatic rings. The van der Waals surface area contributed by atoms with Crippen molar-refractivity contribution in [1.29, 1.82) is 0 Å². The van der Waals surface area contributed by atoms with Crippen molar-refractivity contribution < 1.29 is 9.00 Å². The number of rotatable bonds is 8. The molecule has 0 saturated heterocycles. The number of allylic oxidation sites excluding steroid dienone is 3. The molecule has 6 heteroatoms. The predicted molar refractivity (Wildman–Crippen MR) is 137 cm³/mol. The minimum absolute atomic E-state index is 0.156. The molecule has 0 saturated carbocycles. The lowest BCUT2D eigenvalue weighted by molar-refractivity contribution is -0.114. The third kappa shape index (κ3) is 7.61. The SMILES string of the molecule is C=C(/C=C(\C(=C/C)c1cccc(S(=O)CC)c1)c1cc(C)cnc1N)C(N)=O.CCCC. The van der Waals surface area contributed by atoms with Crippen molar-refractivity contribution in [3.8, 4) is 0 Å². The topological polar surface area (TPSA) is 99.1 Å². The van der Waals surface area contributed by atoms with Gasteiger partial charge in [0.1, 0.15) is 5.82 Å². The molecule has 0 fully saturated rings. The summed E-state index contributed by atoms with van der Waals surface area (Å²) in [6.07, 6.45) is 7.85. The Morgan fingerprint density at radius 1 is 1.16 bits per heavy atom. The van der Waals surface area contributed by atoms with Crippen LogP contribution in [-0.4, -0.2) is 20.9 Å². The van der Waals surface area contributed by atoms with E-state index in [0.717, 1.165) is 21.6 Å². The maximum Gasteiger partial charge on any atom is 0.248 e. The van der Waals surface area contributed by atoms with Crippen LogP contribution >= 0.6 is 0 Å². The number of hydrogen-bond acceptors (Lipinski definition) is 4. The van der Waals surface area contributed by atoms with Crippen LogP contribution in [0.15, 0.2) is 65.7 Å². The zero-order valence-electron chi connectivity index (χ0n) is 19.8. The summed E-state index contributed by atoms with van der Waals surface area (Å²) >= 11 is 0. The van der Waals surface area contributed by atoms with Gasteiger partial charge < -0.3 is 11.5 Å². The van der Waals surface area contributed by atoms with Crippen molar-refractivity contribution in [2.45, 2.75) is 52.4 Å². The summed E-state index contributed by atoms with van der Waals surface area (Å²) in [6, 6.07) is 9.41. The van der Waals surface area contributed by atoms with Crippen LogP contribution in [0.5, 0.6) is 0 Å². The van der Waals surface area contributed by atoms with E-state index in [9.17, 15) is 9.00 Å². The number of aryl methyl sites for hydroxylation is 1. The fraction of sp³-hybridized carbons (Fsp3) is 0.308. The first-order valence-electron chi connectivity index (χ1n) is 10.8. The minimum Gasteiger partial charge on any atom is -0.383 e. The van der Waals surface area contributed by atoms with Gasteiger partial charge in [0.05, 0.1) is 10.8 Å². The number of hydrogen-bond donors (Lipinski definition) is 2. The summed E-state index contributed by atoms with van der Waals surface area (Å²) in [4.78, 5) is 16.6. The number of anilines is 1. The Morgan fingerprint density at radius 3 is 2.34 bits per heavy atom. The van der Waals surface area contributed by atoms with Crippen LogP contribution in [0.25, 0.3) is 11.1 Å². The Bertz CT molecular complexity index is 1040. The summed E-state index contributed by atoms with van der Waals surface area (Å²) in [5, 5.41) is 0. The normalized spacial score (nSPS) is 12.5. The van der Waals surface area contributed by atoms with Gasteiger partial charge in [0.25, 0.3) is 0 Å². The number of carbonyl (C=O) groups excluding carboxylic acids is 1. The maximum atomic E-state index is 12.3. The quantitative estimate of drug-likeness (QED) is 0.411. The Hall–Kier alpha value is -2.99. The number of carbonyl (C=O) groups is 1. The number of benzene rings is 1. The van der Waals surface area contributed by atoms with Gasteiger partial charge in [0, 0.05) is 28.0 Å². The van der Waals surface area contributed by atoms with Gasteiger partial charge in [0.15, 0.2) is 0 Å². The highest BCUT2D eigenvalue weighted by atomic mass is 32.2. The molecule has 2 rings (SSSR count). The van der Waals surface area contributed by atoms with Crippen molar-refractivity contribution in [3.05, 3.63) is 77.5 Å². The van der Waals surface area contributed by atoms with Gasteiger partial charge in [-0.3, -0.25) is 9.00 Å². The molecular formula is C26H35N3O2S. The molecule has 32 heavy (non-hydrogen) atoms. The molecule has 0 spiro atoms. The summed E-state index contributed by atoms with van der Waals surface area (Å²) < 4.78 is 12.3. The highest BCUT2D eigenvalue weighted by Gasteiger charge is 2.16. The highest BCUT2D eigenvalue weighted by molar-refractivity contribution is 7.85. The molecule has 1 unspecified atom stereocenters. The molecule has 0 radical (unpaired) electrons. The molecular weight excluding hydrogens is 418 g/mol. The minimum atomic E-state index is -1.08. The molecule has 1 aromatic heterocycles. The second kappa shape index (κ2) is 13.4. The van der Waals surface area contributed by atoms with Gasteiger partial charge in [-0.1, -0.05) is 58.4 Å². The van der Waals surface area contributed by atoms with Crippen LogP contribution in [0.4, 0.5) is 5.82 Å². The van der Waals surface area contributed by atoms with E-state index in [4.69, 9.17) is 11.5 Å². The van der Waals surface area contributed by atoms with Crippen LogP contribution in [-0.2, 0) is 15.6 Å². The molecule has 1 heterocycles. The molecule has 4 N–H and O–H groups in total. The van der Waals surface area contributed by atoms with Gasteiger partial charge >= 0.3 is 0 Å². The first kappa shape index (κ1) is 27.0. The molecule has 0 aliphatic carbocycles. The van der Waals surface area contributed by atoms with E-state index in [-0.39, 0.29) is 5.57 Å². The Balaban J connectivity index is 0.00000118. The van der Waals surface area contributed by atoms with Gasteiger partial charge in [-0.15, -0.1) is 0 Å². The fourth-order valence-corrected chi connectivity index (χ4v) is 3.61. The smallest absolute Gasteiger partial charge is 0.248 e. The number of unbranched alkanes of at least 4 members (excludes halogenated alkanes) is 1. The van der Waals surface area contributed by atoms with Gasteiger partial charge in [-0.2, -0.15) is 0 Å². The molecule has 0 aliphatic heterocycles. The first-order valence-corrected chi connectivity index (χ1v) is 12.1. The van der Waals surface area contributed by atoms with Crippen LogP contribution in [0.3, 0.4) is 0 Å². The number of aromatic nitrogens is 1. The van der Waals surface area contributed by atoms with Crippen molar-refractivity contribution in [2.24, 2.45) is 5.73 Å². The van der Waals surface area contributed by atoms with E-state index in [2.05, 4.69) is 25.4 Å². The van der Waals surface area contributed by atoms with Crippen molar-refractivity contribution in [2.75, 3.05) is 11.5 Å². The lowest BCUT2D eigenvalue weighted by Gasteiger charge is -2.16. The zero-order chi connectivity index (χ0) is 24.3. The molecule has 2 aromatic rings. The van der Waals surface area contributed by atoms with Crippen LogP contribution in [0, 0.1) is 6.92 Å². The van der Waals surface area contributed by atoms with E-state index in [0.29, 0.717) is 22.7 Å². The third-order valence-electron chi connectivity index (χ3n) is 4.73. The second-order valence-electron chi connectivity index (χ2n) is 7.26. The summed E-state index contributed by atoms with van der Waals surface area (Å²) in [5.74, 6) is 0.250. The number of nitrogens with two attached hydrogens (primary N) is 2. The third-order valence-corrected chi connectivity index (χ3v) is 6.03. The second-order valence-corrected chi connectivity index (χ2v) is 9.00. The summed E-state index contributed by atoms with van der Waals surface area (Å²) in [6.45, 7) is 13.8. The molecule has 1 aromatic carbocycles. The van der Waals surface area contributed by atoms with E-state index >= 15 is 0 Å². The molecule has 1 atom stereocenters. The molecule has 5 nitrogen and oxygen atoms in total. The van der Waals surface area contributed by atoms with Crippen molar-refractivity contribution in [1.82, 2.24) is 4.98 Å². The Morgan fingerprint density at radius 2 is 1.81 bits per heavy atom.